The van der Waals surface area contributed by atoms with Gasteiger partial charge in [0.2, 0.25) is 5.95 Å². The fourth-order valence-corrected chi connectivity index (χ4v) is 1.63. The van der Waals surface area contributed by atoms with Crippen molar-refractivity contribution >= 4 is 5.95 Å². The van der Waals surface area contributed by atoms with Crippen molar-refractivity contribution in [3.8, 4) is 22.9 Å². The van der Waals surface area contributed by atoms with Crippen molar-refractivity contribution in [2.45, 2.75) is 19.4 Å². The molecule has 5 heteroatoms. The van der Waals surface area contributed by atoms with E-state index in [2.05, 4.69) is 21.4 Å². The number of nitrogens with zero attached hydrogens (tertiary/aromatic N) is 3. The zero-order chi connectivity index (χ0) is 14.6. The Kier molecular flexibility index (Phi) is 3.85. The minimum atomic E-state index is -0.693. The van der Waals surface area contributed by atoms with Gasteiger partial charge in [0.05, 0.1) is 13.2 Å². The molecular formula is C15H16N4O. The maximum absolute atomic E-state index is 8.96. The average molecular weight is 268 g/mol. The fourth-order valence-electron chi connectivity index (χ4n) is 1.63. The molecule has 1 N–H and O–H groups in total. The zero-order valence-electron chi connectivity index (χ0n) is 11.7. The van der Waals surface area contributed by atoms with Crippen molar-refractivity contribution < 1.29 is 4.74 Å². The average Bonchev–Trinajstić information content (AvgIpc) is 2.48. The first-order valence-corrected chi connectivity index (χ1v) is 6.20. The molecule has 0 aliphatic carbocycles. The number of benzene rings is 1. The molecule has 1 aromatic heterocycles. The summed E-state index contributed by atoms with van der Waals surface area (Å²) in [6.45, 7) is 3.54. The standard InChI is InChI=1S/C15H16N4O/c1-15(2,10-16)19-14-17-8-12(9-18-14)11-4-6-13(20-3)7-5-11/h4-9H,1-3H3,(H,17,18,19). The molecule has 0 amide bonds. The number of nitrogens with one attached hydrogen (secondary N) is 1. The van der Waals surface area contributed by atoms with E-state index >= 15 is 0 Å². The molecule has 0 saturated heterocycles. The quantitative estimate of drug-likeness (QED) is 0.923. The molecule has 0 fully saturated rings. The van der Waals surface area contributed by atoms with E-state index in [9.17, 15) is 0 Å². The number of aromatic nitrogens is 2. The Morgan fingerprint density at radius 3 is 2.20 bits per heavy atom. The van der Waals surface area contributed by atoms with E-state index in [0.29, 0.717) is 5.95 Å². The molecule has 0 aliphatic rings. The monoisotopic (exact) mass is 268 g/mol. The third-order valence-electron chi connectivity index (χ3n) is 2.78. The Bertz CT molecular complexity index is 612. The summed E-state index contributed by atoms with van der Waals surface area (Å²) < 4.78 is 5.12. The molecule has 1 aromatic carbocycles. The van der Waals surface area contributed by atoms with Gasteiger partial charge < -0.3 is 10.1 Å². The minimum Gasteiger partial charge on any atom is -0.497 e. The molecule has 20 heavy (non-hydrogen) atoms. The Morgan fingerprint density at radius 1 is 1.10 bits per heavy atom. The smallest absolute Gasteiger partial charge is 0.223 e. The first-order valence-electron chi connectivity index (χ1n) is 6.20. The normalized spacial score (nSPS) is 10.7. The number of hydrogen-bond acceptors (Lipinski definition) is 5. The second-order valence-corrected chi connectivity index (χ2v) is 4.89. The summed E-state index contributed by atoms with van der Waals surface area (Å²) in [4.78, 5) is 8.45. The van der Waals surface area contributed by atoms with Crippen molar-refractivity contribution in [1.82, 2.24) is 9.97 Å². The number of ether oxygens (including phenoxy) is 1. The minimum absolute atomic E-state index is 0.439. The lowest BCUT2D eigenvalue weighted by molar-refractivity contribution is 0.415. The van der Waals surface area contributed by atoms with Gasteiger partial charge in [0.25, 0.3) is 0 Å². The highest BCUT2D eigenvalue weighted by molar-refractivity contribution is 5.62. The van der Waals surface area contributed by atoms with Crippen LogP contribution in [-0.4, -0.2) is 22.6 Å². The predicted octanol–water partition coefficient (Wildman–Crippen LogP) is 2.87. The van der Waals surface area contributed by atoms with Crippen molar-refractivity contribution in [3.05, 3.63) is 36.7 Å². The molecule has 1 heterocycles. The van der Waals surface area contributed by atoms with Gasteiger partial charge in [-0.1, -0.05) is 12.1 Å². The molecule has 2 rings (SSSR count). The molecule has 0 aliphatic heterocycles. The second kappa shape index (κ2) is 5.57. The zero-order valence-corrected chi connectivity index (χ0v) is 11.7. The van der Waals surface area contributed by atoms with Gasteiger partial charge in [0, 0.05) is 18.0 Å². The maximum atomic E-state index is 8.96. The van der Waals surface area contributed by atoms with E-state index < -0.39 is 5.54 Å². The number of nitriles is 1. The van der Waals surface area contributed by atoms with Gasteiger partial charge in [0.15, 0.2) is 0 Å². The van der Waals surface area contributed by atoms with Gasteiger partial charge in [-0.15, -0.1) is 0 Å². The summed E-state index contributed by atoms with van der Waals surface area (Å²) >= 11 is 0. The van der Waals surface area contributed by atoms with Crippen LogP contribution in [0.5, 0.6) is 5.75 Å². The highest BCUT2D eigenvalue weighted by Gasteiger charge is 2.16. The van der Waals surface area contributed by atoms with Gasteiger partial charge in [0.1, 0.15) is 11.3 Å². The summed E-state index contributed by atoms with van der Waals surface area (Å²) in [5, 5.41) is 11.9. The van der Waals surface area contributed by atoms with Crippen molar-refractivity contribution in [2.24, 2.45) is 0 Å². The van der Waals surface area contributed by atoms with Crippen LogP contribution in [0.4, 0.5) is 5.95 Å². The highest BCUT2D eigenvalue weighted by Crippen LogP contribution is 2.21. The van der Waals surface area contributed by atoms with Crippen LogP contribution in [0.1, 0.15) is 13.8 Å². The van der Waals surface area contributed by atoms with Crippen molar-refractivity contribution in [2.75, 3.05) is 12.4 Å². The van der Waals surface area contributed by atoms with Crippen LogP contribution in [0, 0.1) is 11.3 Å². The van der Waals surface area contributed by atoms with Crippen molar-refractivity contribution in [3.63, 3.8) is 0 Å². The topological polar surface area (TPSA) is 70.8 Å². The van der Waals surface area contributed by atoms with Gasteiger partial charge in [-0.2, -0.15) is 5.26 Å². The van der Waals surface area contributed by atoms with Crippen LogP contribution in [-0.2, 0) is 0 Å². The summed E-state index contributed by atoms with van der Waals surface area (Å²) in [5.41, 5.74) is 1.23. The van der Waals surface area contributed by atoms with E-state index in [-0.39, 0.29) is 0 Å². The molecular weight excluding hydrogens is 252 g/mol. The van der Waals surface area contributed by atoms with Crippen molar-refractivity contribution in [1.29, 1.82) is 5.26 Å². The summed E-state index contributed by atoms with van der Waals surface area (Å²) in [5.74, 6) is 1.25. The Labute approximate surface area is 118 Å². The number of rotatable bonds is 4. The molecule has 0 radical (unpaired) electrons. The lowest BCUT2D eigenvalue weighted by atomic mass is 10.1. The lowest BCUT2D eigenvalue weighted by Crippen LogP contribution is -2.29. The summed E-state index contributed by atoms with van der Waals surface area (Å²) in [7, 11) is 1.63. The Morgan fingerprint density at radius 2 is 1.70 bits per heavy atom. The van der Waals surface area contributed by atoms with Crippen LogP contribution in [0.25, 0.3) is 11.1 Å². The number of hydrogen-bond donors (Lipinski definition) is 1. The summed E-state index contributed by atoms with van der Waals surface area (Å²) in [6.07, 6.45) is 3.45. The highest BCUT2D eigenvalue weighted by atomic mass is 16.5. The van der Waals surface area contributed by atoms with Crippen LogP contribution in [0.2, 0.25) is 0 Å². The first kappa shape index (κ1) is 13.8. The number of anilines is 1. The maximum Gasteiger partial charge on any atom is 0.223 e. The molecule has 0 atom stereocenters. The Hall–Kier alpha value is -2.61. The first-order chi connectivity index (χ1) is 9.54. The van der Waals surface area contributed by atoms with E-state index in [4.69, 9.17) is 10.00 Å². The fraction of sp³-hybridized carbons (Fsp3) is 0.267. The summed E-state index contributed by atoms with van der Waals surface area (Å²) in [6, 6.07) is 9.82. The number of methoxy groups -OCH3 is 1. The molecule has 0 saturated carbocycles. The van der Waals surface area contributed by atoms with E-state index in [1.807, 2.05) is 24.3 Å². The van der Waals surface area contributed by atoms with E-state index in [1.54, 1.807) is 33.4 Å². The molecule has 102 valence electrons. The molecule has 0 bridgehead atoms. The SMILES string of the molecule is COc1ccc(-c2cnc(NC(C)(C)C#N)nc2)cc1. The third kappa shape index (κ3) is 3.23. The van der Waals surface area contributed by atoms with Gasteiger partial charge in [-0.05, 0) is 31.5 Å². The Balaban J connectivity index is 2.17. The van der Waals surface area contributed by atoms with Crippen LogP contribution in [0.15, 0.2) is 36.7 Å². The second-order valence-electron chi connectivity index (χ2n) is 4.89. The van der Waals surface area contributed by atoms with E-state index in [0.717, 1.165) is 16.9 Å². The van der Waals surface area contributed by atoms with E-state index in [1.165, 1.54) is 0 Å². The van der Waals surface area contributed by atoms with Gasteiger partial charge in [-0.25, -0.2) is 9.97 Å². The molecule has 0 unspecified atom stereocenters. The third-order valence-corrected chi connectivity index (χ3v) is 2.78. The molecule has 5 nitrogen and oxygen atoms in total. The van der Waals surface area contributed by atoms with Crippen LogP contribution < -0.4 is 10.1 Å². The lowest BCUT2D eigenvalue weighted by Gasteiger charge is -2.17. The molecule has 0 spiro atoms. The van der Waals surface area contributed by atoms with Gasteiger partial charge >= 0.3 is 0 Å². The van der Waals surface area contributed by atoms with Gasteiger partial charge in [-0.3, -0.25) is 0 Å². The molecule has 2 aromatic rings. The van der Waals surface area contributed by atoms with Crippen LogP contribution >= 0.6 is 0 Å². The predicted molar refractivity (Wildman–Crippen MR) is 77.3 cm³/mol. The largest absolute Gasteiger partial charge is 0.497 e. The van der Waals surface area contributed by atoms with Crippen LogP contribution in [0.3, 0.4) is 0 Å².